The van der Waals surface area contributed by atoms with Crippen LogP contribution in [0.5, 0.6) is 5.75 Å². The lowest BCUT2D eigenvalue weighted by atomic mass is 10.2. The summed E-state index contributed by atoms with van der Waals surface area (Å²) in [4.78, 5) is 0. The monoisotopic (exact) mass is 243 g/mol. The standard InChI is InChI=1S/C9H10ClN3OS/c1-15-9(11)13-12-5-6-4-7(10)2-3-8(6)14/h2-5,14H,1H3,(H2,11,13). The summed E-state index contributed by atoms with van der Waals surface area (Å²) in [5.74, 6) is 0.0982. The lowest BCUT2D eigenvalue weighted by molar-refractivity contribution is 0.474. The van der Waals surface area contributed by atoms with E-state index in [1.807, 2.05) is 0 Å². The van der Waals surface area contributed by atoms with Gasteiger partial charge in [-0.05, 0) is 24.5 Å². The third kappa shape index (κ3) is 3.81. The normalized spacial score (nSPS) is 12.3. The highest BCUT2D eigenvalue weighted by atomic mass is 35.5. The Morgan fingerprint density at radius 1 is 1.60 bits per heavy atom. The van der Waals surface area contributed by atoms with Crippen molar-refractivity contribution in [3.05, 3.63) is 28.8 Å². The average molecular weight is 244 g/mol. The summed E-state index contributed by atoms with van der Waals surface area (Å²) in [6.45, 7) is 0. The fourth-order valence-corrected chi connectivity index (χ4v) is 1.13. The number of hydrogen-bond donors (Lipinski definition) is 2. The van der Waals surface area contributed by atoms with Crippen LogP contribution in [0.3, 0.4) is 0 Å². The summed E-state index contributed by atoms with van der Waals surface area (Å²) in [5.41, 5.74) is 5.92. The molecule has 0 bridgehead atoms. The first-order valence-corrected chi connectivity index (χ1v) is 5.62. The highest BCUT2D eigenvalue weighted by molar-refractivity contribution is 8.13. The molecule has 0 heterocycles. The molecular weight excluding hydrogens is 234 g/mol. The van der Waals surface area contributed by atoms with Crippen LogP contribution < -0.4 is 5.73 Å². The largest absolute Gasteiger partial charge is 0.507 e. The van der Waals surface area contributed by atoms with Gasteiger partial charge in [-0.3, -0.25) is 0 Å². The number of aromatic hydroxyl groups is 1. The molecule has 0 aliphatic carbocycles. The molecule has 0 aromatic heterocycles. The molecule has 1 aromatic rings. The number of halogens is 1. The van der Waals surface area contributed by atoms with Gasteiger partial charge >= 0.3 is 0 Å². The summed E-state index contributed by atoms with van der Waals surface area (Å²) in [6.07, 6.45) is 3.19. The summed E-state index contributed by atoms with van der Waals surface area (Å²) >= 11 is 7.04. The molecule has 0 aliphatic heterocycles. The molecule has 0 atom stereocenters. The Hall–Kier alpha value is -1.20. The molecule has 1 rings (SSSR count). The Bertz CT molecular complexity index is 406. The van der Waals surface area contributed by atoms with Crippen molar-refractivity contribution in [3.63, 3.8) is 0 Å². The number of amidine groups is 1. The zero-order valence-electron chi connectivity index (χ0n) is 8.01. The number of nitrogens with two attached hydrogens (primary N) is 1. The van der Waals surface area contributed by atoms with Crippen LogP contribution in [0, 0.1) is 0 Å². The first-order chi connectivity index (χ1) is 7.13. The number of thioether (sulfide) groups is 1. The Morgan fingerprint density at radius 2 is 2.33 bits per heavy atom. The topological polar surface area (TPSA) is 71.0 Å². The molecule has 0 spiro atoms. The molecule has 1 aromatic carbocycles. The molecule has 0 radical (unpaired) electrons. The van der Waals surface area contributed by atoms with Crippen LogP contribution in [-0.2, 0) is 0 Å². The highest BCUT2D eigenvalue weighted by Crippen LogP contribution is 2.19. The average Bonchev–Trinajstić information content (AvgIpc) is 2.23. The number of benzene rings is 1. The second-order valence-electron chi connectivity index (χ2n) is 2.59. The zero-order chi connectivity index (χ0) is 11.3. The van der Waals surface area contributed by atoms with E-state index in [-0.39, 0.29) is 5.75 Å². The fraction of sp³-hybridized carbons (Fsp3) is 0.111. The summed E-state index contributed by atoms with van der Waals surface area (Å²) in [6, 6.07) is 4.67. The van der Waals surface area contributed by atoms with E-state index < -0.39 is 0 Å². The molecule has 80 valence electrons. The first kappa shape index (κ1) is 11.9. The fourth-order valence-electron chi connectivity index (χ4n) is 0.818. The Morgan fingerprint density at radius 3 is 3.00 bits per heavy atom. The maximum atomic E-state index is 9.42. The van der Waals surface area contributed by atoms with Crippen LogP contribution in [0.4, 0.5) is 0 Å². The SMILES string of the molecule is CSC(N)=NN=Cc1cc(Cl)ccc1O. The van der Waals surface area contributed by atoms with Gasteiger partial charge in [0.1, 0.15) is 5.75 Å². The van der Waals surface area contributed by atoms with Crippen LogP contribution >= 0.6 is 23.4 Å². The van der Waals surface area contributed by atoms with E-state index in [0.717, 1.165) is 0 Å². The minimum Gasteiger partial charge on any atom is -0.507 e. The number of phenols is 1. The maximum absolute atomic E-state index is 9.42. The van der Waals surface area contributed by atoms with Gasteiger partial charge < -0.3 is 10.8 Å². The predicted octanol–water partition coefficient (Wildman–Crippen LogP) is 2.06. The van der Waals surface area contributed by atoms with Gasteiger partial charge in [-0.25, -0.2) is 0 Å². The Kier molecular flexibility index (Phi) is 4.45. The molecule has 15 heavy (non-hydrogen) atoms. The quantitative estimate of drug-likeness (QED) is 0.475. The summed E-state index contributed by atoms with van der Waals surface area (Å²) < 4.78 is 0. The Labute approximate surface area is 96.8 Å². The lowest BCUT2D eigenvalue weighted by Crippen LogP contribution is -2.03. The van der Waals surface area contributed by atoms with Crippen LogP contribution in [0.2, 0.25) is 5.02 Å². The minimum atomic E-state index is 0.0982. The molecule has 0 fully saturated rings. The van der Waals surface area contributed by atoms with E-state index >= 15 is 0 Å². The Balaban J connectivity index is 2.84. The van der Waals surface area contributed by atoms with E-state index in [2.05, 4.69) is 10.2 Å². The van der Waals surface area contributed by atoms with Gasteiger partial charge in [0.15, 0.2) is 5.17 Å². The maximum Gasteiger partial charge on any atom is 0.180 e. The number of nitrogens with zero attached hydrogens (tertiary/aromatic N) is 2. The van der Waals surface area contributed by atoms with E-state index in [0.29, 0.717) is 15.8 Å². The van der Waals surface area contributed by atoms with Gasteiger partial charge in [0.25, 0.3) is 0 Å². The van der Waals surface area contributed by atoms with Crippen molar-refractivity contribution in [3.8, 4) is 5.75 Å². The van der Waals surface area contributed by atoms with Gasteiger partial charge in [0, 0.05) is 10.6 Å². The van der Waals surface area contributed by atoms with Gasteiger partial charge in [0.2, 0.25) is 0 Å². The molecule has 6 heteroatoms. The molecule has 0 saturated heterocycles. The van der Waals surface area contributed by atoms with Crippen LogP contribution in [-0.4, -0.2) is 22.7 Å². The molecule has 0 saturated carbocycles. The van der Waals surface area contributed by atoms with Gasteiger partial charge in [-0.2, -0.15) is 5.10 Å². The third-order valence-corrected chi connectivity index (χ3v) is 2.29. The van der Waals surface area contributed by atoms with E-state index in [4.69, 9.17) is 17.3 Å². The molecule has 0 amide bonds. The van der Waals surface area contributed by atoms with Crippen molar-refractivity contribution in [1.29, 1.82) is 0 Å². The molecule has 3 N–H and O–H groups in total. The minimum absolute atomic E-state index is 0.0982. The lowest BCUT2D eigenvalue weighted by Gasteiger charge is -1.97. The van der Waals surface area contributed by atoms with Gasteiger partial charge in [-0.1, -0.05) is 23.4 Å². The van der Waals surface area contributed by atoms with Crippen molar-refractivity contribution in [1.82, 2.24) is 0 Å². The van der Waals surface area contributed by atoms with Crippen molar-refractivity contribution in [2.45, 2.75) is 0 Å². The second-order valence-corrected chi connectivity index (χ2v) is 3.85. The summed E-state index contributed by atoms with van der Waals surface area (Å²) in [5, 5.41) is 17.7. The number of hydrogen-bond acceptors (Lipinski definition) is 4. The van der Waals surface area contributed by atoms with Crippen molar-refractivity contribution >= 4 is 34.7 Å². The van der Waals surface area contributed by atoms with E-state index in [1.165, 1.54) is 24.0 Å². The molecular formula is C9H10ClN3OS. The van der Waals surface area contributed by atoms with Crippen LogP contribution in [0.25, 0.3) is 0 Å². The second kappa shape index (κ2) is 5.63. The highest BCUT2D eigenvalue weighted by Gasteiger charge is 1.98. The van der Waals surface area contributed by atoms with E-state index in [9.17, 15) is 5.11 Å². The van der Waals surface area contributed by atoms with Crippen molar-refractivity contribution < 1.29 is 5.11 Å². The van der Waals surface area contributed by atoms with Crippen LogP contribution in [0.15, 0.2) is 28.4 Å². The predicted molar refractivity (Wildman–Crippen MR) is 65.8 cm³/mol. The molecule has 0 unspecified atom stereocenters. The smallest absolute Gasteiger partial charge is 0.180 e. The first-order valence-electron chi connectivity index (χ1n) is 4.02. The van der Waals surface area contributed by atoms with Crippen molar-refractivity contribution in [2.24, 2.45) is 15.9 Å². The number of rotatable bonds is 2. The van der Waals surface area contributed by atoms with Gasteiger partial charge in [0.05, 0.1) is 6.21 Å². The third-order valence-electron chi connectivity index (χ3n) is 1.55. The van der Waals surface area contributed by atoms with Crippen molar-refractivity contribution in [2.75, 3.05) is 6.26 Å². The number of phenolic OH excluding ortho intramolecular Hbond substituents is 1. The van der Waals surface area contributed by atoms with Crippen LogP contribution in [0.1, 0.15) is 5.56 Å². The summed E-state index contributed by atoms with van der Waals surface area (Å²) in [7, 11) is 0. The molecule has 4 nitrogen and oxygen atoms in total. The van der Waals surface area contributed by atoms with E-state index in [1.54, 1.807) is 18.4 Å². The zero-order valence-corrected chi connectivity index (χ0v) is 9.59. The van der Waals surface area contributed by atoms with Gasteiger partial charge in [-0.15, -0.1) is 5.10 Å². The molecule has 0 aliphatic rings.